The van der Waals surface area contributed by atoms with Crippen molar-refractivity contribution >= 4 is 22.8 Å². The summed E-state index contributed by atoms with van der Waals surface area (Å²) >= 11 is 0. The highest BCUT2D eigenvalue weighted by molar-refractivity contribution is 5.83. The van der Waals surface area contributed by atoms with Crippen molar-refractivity contribution in [2.45, 2.75) is 65.0 Å². The molecule has 3 aromatic heterocycles. The molecular formula is C29H36F2N8. The molecule has 0 radical (unpaired) electrons. The molecule has 39 heavy (non-hydrogen) atoms. The Labute approximate surface area is 227 Å². The van der Waals surface area contributed by atoms with Gasteiger partial charge in [-0.2, -0.15) is 0 Å². The number of pyridine rings is 1. The zero-order valence-corrected chi connectivity index (χ0v) is 23.2. The van der Waals surface area contributed by atoms with Crippen molar-refractivity contribution in [3.05, 3.63) is 59.7 Å². The first kappa shape index (κ1) is 27.1. The van der Waals surface area contributed by atoms with Gasteiger partial charge in [-0.25, -0.2) is 28.7 Å². The lowest BCUT2D eigenvalue weighted by molar-refractivity contribution is 0.152. The van der Waals surface area contributed by atoms with E-state index in [1.807, 2.05) is 43.7 Å². The Kier molecular flexibility index (Phi) is 7.35. The van der Waals surface area contributed by atoms with E-state index in [1.165, 1.54) is 6.07 Å². The van der Waals surface area contributed by atoms with E-state index in [4.69, 9.17) is 5.73 Å². The number of aryl methyl sites for hydroxylation is 1. The molecule has 0 unspecified atom stereocenters. The molecule has 0 aliphatic carbocycles. The molecule has 206 valence electrons. The molecule has 0 amide bonds. The van der Waals surface area contributed by atoms with Crippen LogP contribution in [0.3, 0.4) is 0 Å². The summed E-state index contributed by atoms with van der Waals surface area (Å²) in [5, 5.41) is 3.05. The van der Waals surface area contributed by atoms with E-state index >= 15 is 0 Å². The summed E-state index contributed by atoms with van der Waals surface area (Å²) in [6.07, 6.45) is 4.78. The molecule has 4 heterocycles. The summed E-state index contributed by atoms with van der Waals surface area (Å²) in [5.41, 5.74) is 8.77. The van der Waals surface area contributed by atoms with Crippen LogP contribution in [0.15, 0.2) is 36.7 Å². The second-order valence-corrected chi connectivity index (χ2v) is 10.8. The highest BCUT2D eigenvalue weighted by Crippen LogP contribution is 2.35. The van der Waals surface area contributed by atoms with Gasteiger partial charge in [0.15, 0.2) is 11.6 Å². The monoisotopic (exact) mass is 534 g/mol. The Bertz CT molecular complexity index is 1470. The first-order valence-corrected chi connectivity index (χ1v) is 13.5. The number of aromatic nitrogens is 5. The quantitative estimate of drug-likeness (QED) is 0.313. The minimum absolute atomic E-state index is 0.00352. The lowest BCUT2D eigenvalue weighted by atomic mass is 9.75. The minimum Gasteiger partial charge on any atom is -0.326 e. The molecule has 0 spiro atoms. The van der Waals surface area contributed by atoms with Crippen molar-refractivity contribution in [3.8, 4) is 11.3 Å². The van der Waals surface area contributed by atoms with Gasteiger partial charge in [0.2, 0.25) is 5.95 Å². The SMILES string of the molecule is CCN1CCC(N)([C@@H](C)c2ccc(Nc3ncc(F)c(-c4cc(F)c5nc(C)n(C(C)C)c5c4)n3)nc2)CC1. The van der Waals surface area contributed by atoms with Crippen molar-refractivity contribution in [2.75, 3.05) is 25.0 Å². The summed E-state index contributed by atoms with van der Waals surface area (Å²) in [5.74, 6) is 0.353. The Balaban J connectivity index is 1.38. The van der Waals surface area contributed by atoms with E-state index in [2.05, 4.69) is 44.0 Å². The maximum Gasteiger partial charge on any atom is 0.229 e. The minimum atomic E-state index is -0.647. The van der Waals surface area contributed by atoms with Gasteiger partial charge in [0, 0.05) is 29.3 Å². The molecule has 0 bridgehead atoms. The number of halogens is 2. The molecule has 1 atom stereocenters. The average molecular weight is 535 g/mol. The molecular weight excluding hydrogens is 498 g/mol. The number of nitrogens with zero attached hydrogens (tertiary/aromatic N) is 6. The predicted molar refractivity (Wildman–Crippen MR) is 150 cm³/mol. The Morgan fingerprint density at radius 2 is 1.77 bits per heavy atom. The molecule has 0 saturated carbocycles. The fourth-order valence-electron chi connectivity index (χ4n) is 5.59. The van der Waals surface area contributed by atoms with Crippen molar-refractivity contribution in [1.29, 1.82) is 0 Å². The van der Waals surface area contributed by atoms with Gasteiger partial charge in [-0.1, -0.05) is 19.9 Å². The number of anilines is 2. The number of hydrogen-bond donors (Lipinski definition) is 2. The van der Waals surface area contributed by atoms with Crippen LogP contribution in [0.25, 0.3) is 22.3 Å². The number of benzene rings is 1. The normalized spacial score (nSPS) is 16.6. The number of nitrogens with two attached hydrogens (primary N) is 1. The van der Waals surface area contributed by atoms with Crippen molar-refractivity contribution in [3.63, 3.8) is 0 Å². The summed E-state index contributed by atoms with van der Waals surface area (Å²) in [6, 6.07) is 6.89. The summed E-state index contributed by atoms with van der Waals surface area (Å²) in [6.45, 7) is 13.2. The topological polar surface area (TPSA) is 97.8 Å². The molecule has 10 heteroatoms. The molecule has 3 N–H and O–H groups in total. The predicted octanol–water partition coefficient (Wildman–Crippen LogP) is 5.72. The zero-order chi connectivity index (χ0) is 27.9. The van der Waals surface area contributed by atoms with E-state index in [9.17, 15) is 8.78 Å². The molecule has 1 fully saturated rings. The fourth-order valence-corrected chi connectivity index (χ4v) is 5.59. The van der Waals surface area contributed by atoms with Gasteiger partial charge < -0.3 is 20.5 Å². The Morgan fingerprint density at radius 3 is 2.41 bits per heavy atom. The van der Waals surface area contributed by atoms with Crippen molar-refractivity contribution < 1.29 is 8.78 Å². The van der Waals surface area contributed by atoms with Gasteiger partial charge in [0.1, 0.15) is 22.9 Å². The third-order valence-corrected chi connectivity index (χ3v) is 8.08. The van der Waals surface area contributed by atoms with Crippen LogP contribution in [0.5, 0.6) is 0 Å². The summed E-state index contributed by atoms with van der Waals surface area (Å²) < 4.78 is 31.8. The van der Waals surface area contributed by atoms with E-state index in [0.717, 1.165) is 44.2 Å². The number of likely N-dealkylation sites (tertiary alicyclic amines) is 1. The van der Waals surface area contributed by atoms with Crippen LogP contribution in [0, 0.1) is 18.6 Å². The molecule has 5 rings (SSSR count). The number of fused-ring (bicyclic) bond motifs is 1. The number of imidazole rings is 1. The van der Waals surface area contributed by atoms with E-state index < -0.39 is 11.6 Å². The van der Waals surface area contributed by atoms with Crippen molar-refractivity contribution in [1.82, 2.24) is 29.4 Å². The maximum absolute atomic E-state index is 15.0. The molecule has 1 saturated heterocycles. The van der Waals surface area contributed by atoms with E-state index in [1.54, 1.807) is 6.07 Å². The standard InChI is InChI=1S/C29H36F2N8/c1-6-38-11-9-29(32,10-12-38)18(4)20-7-8-25(33-15-20)36-28-34-16-23(31)26(37-28)21-13-22(30)27-24(14-21)39(17(2)3)19(5)35-27/h7-8,13-18H,6,9-12,32H2,1-5H3,(H,33,34,36,37)/t18-/m0/s1. The molecule has 1 aliphatic rings. The van der Waals surface area contributed by atoms with Crippen LogP contribution in [0.2, 0.25) is 0 Å². The van der Waals surface area contributed by atoms with Gasteiger partial charge in [0.05, 0.1) is 11.7 Å². The lowest BCUT2D eigenvalue weighted by Crippen LogP contribution is -2.53. The van der Waals surface area contributed by atoms with Crippen LogP contribution in [-0.2, 0) is 0 Å². The molecule has 1 aliphatic heterocycles. The summed E-state index contributed by atoms with van der Waals surface area (Å²) in [4.78, 5) is 19.8. The Hall–Kier alpha value is -3.50. The van der Waals surface area contributed by atoms with E-state index in [0.29, 0.717) is 22.7 Å². The van der Waals surface area contributed by atoms with Crippen LogP contribution in [0.1, 0.15) is 63.9 Å². The first-order valence-electron chi connectivity index (χ1n) is 13.5. The molecule has 1 aromatic carbocycles. The third kappa shape index (κ3) is 5.23. The smallest absolute Gasteiger partial charge is 0.229 e. The number of hydrogen-bond acceptors (Lipinski definition) is 7. The average Bonchev–Trinajstić information content (AvgIpc) is 3.27. The maximum atomic E-state index is 15.0. The van der Waals surface area contributed by atoms with Crippen molar-refractivity contribution in [2.24, 2.45) is 5.73 Å². The van der Waals surface area contributed by atoms with Gasteiger partial charge in [-0.05, 0) is 77.0 Å². The van der Waals surface area contributed by atoms with Gasteiger partial charge in [0.25, 0.3) is 0 Å². The number of nitrogens with one attached hydrogen (secondary N) is 1. The summed E-state index contributed by atoms with van der Waals surface area (Å²) in [7, 11) is 0. The van der Waals surface area contributed by atoms with Gasteiger partial charge in [-0.15, -0.1) is 0 Å². The highest BCUT2D eigenvalue weighted by atomic mass is 19.1. The molecule has 4 aromatic rings. The second kappa shape index (κ2) is 10.6. The zero-order valence-electron chi connectivity index (χ0n) is 23.2. The largest absolute Gasteiger partial charge is 0.326 e. The van der Waals surface area contributed by atoms with Gasteiger partial charge >= 0.3 is 0 Å². The Morgan fingerprint density at radius 1 is 1.03 bits per heavy atom. The van der Waals surface area contributed by atoms with Gasteiger partial charge in [-0.3, -0.25) is 0 Å². The van der Waals surface area contributed by atoms with Crippen LogP contribution >= 0.6 is 0 Å². The lowest BCUT2D eigenvalue weighted by Gasteiger charge is -2.43. The van der Waals surface area contributed by atoms with Crippen LogP contribution in [0.4, 0.5) is 20.5 Å². The third-order valence-electron chi connectivity index (χ3n) is 8.08. The fraction of sp³-hybridized carbons (Fsp3) is 0.448. The first-order chi connectivity index (χ1) is 18.6. The second-order valence-electron chi connectivity index (χ2n) is 10.8. The van der Waals surface area contributed by atoms with Crippen LogP contribution < -0.4 is 11.1 Å². The van der Waals surface area contributed by atoms with Crippen LogP contribution in [-0.4, -0.2) is 54.6 Å². The number of piperidine rings is 1. The number of rotatable bonds is 7. The molecule has 8 nitrogen and oxygen atoms in total. The van der Waals surface area contributed by atoms with E-state index in [-0.39, 0.29) is 34.7 Å². The highest BCUT2D eigenvalue weighted by Gasteiger charge is 2.36.